The molecule has 0 saturated heterocycles. The van der Waals surface area contributed by atoms with E-state index in [0.717, 1.165) is 0 Å². The van der Waals surface area contributed by atoms with E-state index in [4.69, 9.17) is 16.9 Å². The summed E-state index contributed by atoms with van der Waals surface area (Å²) < 4.78 is 0. The van der Waals surface area contributed by atoms with Crippen molar-refractivity contribution in [2.75, 3.05) is 0 Å². The normalized spacial score (nSPS) is 8.73. The fourth-order valence-electron chi connectivity index (χ4n) is 0.689. The van der Waals surface area contributed by atoms with Crippen molar-refractivity contribution in [3.63, 3.8) is 0 Å². The Hall–Kier alpha value is -1.33. The van der Waals surface area contributed by atoms with Crippen LogP contribution >= 0.6 is 11.6 Å². The number of hydrogen-bond donors (Lipinski definition) is 0. The van der Waals surface area contributed by atoms with Crippen molar-refractivity contribution in [1.82, 2.24) is 4.98 Å². The summed E-state index contributed by atoms with van der Waals surface area (Å²) in [5.74, 6) is 0. The summed E-state index contributed by atoms with van der Waals surface area (Å²) in [7, 11) is 0. The topological polar surface area (TPSA) is 36.7 Å². The first-order valence-corrected chi connectivity index (χ1v) is 3.34. The van der Waals surface area contributed by atoms with Crippen molar-refractivity contribution in [2.24, 2.45) is 0 Å². The summed E-state index contributed by atoms with van der Waals surface area (Å²) >= 11 is 5.75. The molecular weight excluding hydrogens is 160 g/mol. The zero-order chi connectivity index (χ0) is 8.27. The minimum Gasteiger partial charge on any atom is -0.255 e. The molecule has 2 nitrogen and oxygen atoms in total. The van der Waals surface area contributed by atoms with Gasteiger partial charge < -0.3 is 0 Å². The van der Waals surface area contributed by atoms with Crippen LogP contribution in [0.5, 0.6) is 0 Å². The summed E-state index contributed by atoms with van der Waals surface area (Å²) in [4.78, 5) is 3.90. The van der Waals surface area contributed by atoms with Crippen molar-refractivity contribution in [2.45, 2.75) is 0 Å². The van der Waals surface area contributed by atoms with Crippen LogP contribution in [-0.4, -0.2) is 4.98 Å². The van der Waals surface area contributed by atoms with E-state index in [1.807, 2.05) is 6.07 Å². The van der Waals surface area contributed by atoms with Crippen LogP contribution < -0.4 is 0 Å². The molecule has 0 bridgehead atoms. The van der Waals surface area contributed by atoms with Gasteiger partial charge in [-0.15, -0.1) is 0 Å². The zero-order valence-electron chi connectivity index (χ0n) is 5.71. The number of hydrogen-bond acceptors (Lipinski definition) is 2. The number of pyridine rings is 1. The third kappa shape index (κ3) is 1.39. The van der Waals surface area contributed by atoms with Crippen LogP contribution in [0.2, 0.25) is 5.02 Å². The van der Waals surface area contributed by atoms with Gasteiger partial charge in [0.15, 0.2) is 0 Å². The Morgan fingerprint density at radius 3 is 3.00 bits per heavy atom. The lowest BCUT2D eigenvalue weighted by atomic mass is 10.2. The Bertz CT molecular complexity index is 325. The molecule has 1 heterocycles. The third-order valence-corrected chi connectivity index (χ3v) is 1.63. The third-order valence-electron chi connectivity index (χ3n) is 1.23. The average Bonchev–Trinajstić information content (AvgIpc) is 2.05. The molecule has 0 N–H and O–H groups in total. The summed E-state index contributed by atoms with van der Waals surface area (Å²) in [6.07, 6.45) is 3.05. The van der Waals surface area contributed by atoms with Crippen molar-refractivity contribution >= 4 is 17.7 Å². The molecule has 0 aliphatic carbocycles. The molecule has 0 fully saturated rings. The number of nitrogens with zero attached hydrogens (tertiary/aromatic N) is 2. The Labute approximate surface area is 69.8 Å². The minimum atomic E-state index is 0.366. The summed E-state index contributed by atoms with van der Waals surface area (Å²) in [6.45, 7) is 3.51. The molecule has 0 radical (unpaired) electrons. The van der Waals surface area contributed by atoms with E-state index in [0.29, 0.717) is 16.3 Å². The summed E-state index contributed by atoms with van der Waals surface area (Å²) in [6, 6.07) is 3.52. The summed E-state index contributed by atoms with van der Waals surface area (Å²) in [5.41, 5.74) is 0.974. The van der Waals surface area contributed by atoms with Crippen molar-refractivity contribution in [3.05, 3.63) is 35.1 Å². The molecule has 3 heteroatoms. The quantitative estimate of drug-likeness (QED) is 0.639. The van der Waals surface area contributed by atoms with Crippen molar-refractivity contribution in [3.8, 4) is 6.07 Å². The highest BCUT2D eigenvalue weighted by atomic mass is 35.5. The van der Waals surface area contributed by atoms with Gasteiger partial charge in [0.05, 0.1) is 16.3 Å². The van der Waals surface area contributed by atoms with Gasteiger partial charge in [-0.1, -0.05) is 18.2 Å². The molecule has 0 unspecified atom stereocenters. The van der Waals surface area contributed by atoms with E-state index in [2.05, 4.69) is 11.6 Å². The number of aromatic nitrogens is 1. The van der Waals surface area contributed by atoms with Gasteiger partial charge in [-0.05, 0) is 12.1 Å². The van der Waals surface area contributed by atoms with E-state index in [9.17, 15) is 0 Å². The lowest BCUT2D eigenvalue weighted by Crippen LogP contribution is -1.85. The maximum atomic E-state index is 8.54. The highest BCUT2D eigenvalue weighted by molar-refractivity contribution is 6.32. The van der Waals surface area contributed by atoms with E-state index in [1.54, 1.807) is 6.07 Å². The summed E-state index contributed by atoms with van der Waals surface area (Å²) in [5, 5.41) is 8.91. The van der Waals surface area contributed by atoms with Gasteiger partial charge in [0.25, 0.3) is 0 Å². The van der Waals surface area contributed by atoms with Gasteiger partial charge in [-0.25, -0.2) is 0 Å². The monoisotopic (exact) mass is 164 g/mol. The molecule has 54 valence electrons. The second-order valence-corrected chi connectivity index (χ2v) is 2.25. The van der Waals surface area contributed by atoms with Crippen LogP contribution in [0.25, 0.3) is 6.08 Å². The Morgan fingerprint density at radius 1 is 1.73 bits per heavy atom. The largest absolute Gasteiger partial charge is 0.255 e. The maximum Gasteiger partial charge on any atom is 0.101 e. The number of rotatable bonds is 1. The molecule has 0 aliphatic rings. The van der Waals surface area contributed by atoms with Crippen molar-refractivity contribution in [1.29, 1.82) is 5.26 Å². The van der Waals surface area contributed by atoms with Gasteiger partial charge in [0.2, 0.25) is 0 Å². The Kier molecular flexibility index (Phi) is 2.25. The van der Waals surface area contributed by atoms with Crippen LogP contribution in [-0.2, 0) is 0 Å². The molecule has 0 amide bonds. The Morgan fingerprint density at radius 2 is 2.45 bits per heavy atom. The molecule has 1 rings (SSSR count). The first-order valence-electron chi connectivity index (χ1n) is 2.96. The predicted molar refractivity (Wildman–Crippen MR) is 44.1 cm³/mol. The maximum absolute atomic E-state index is 8.54. The lowest BCUT2D eigenvalue weighted by Gasteiger charge is -1.96. The number of halogens is 1. The molecule has 0 spiro atoms. The van der Waals surface area contributed by atoms with E-state index in [1.165, 1.54) is 12.3 Å². The number of nitriles is 1. The molecule has 0 saturated carbocycles. The average molecular weight is 165 g/mol. The van der Waals surface area contributed by atoms with E-state index in [-0.39, 0.29) is 0 Å². The van der Waals surface area contributed by atoms with Crippen LogP contribution in [0.1, 0.15) is 11.3 Å². The zero-order valence-corrected chi connectivity index (χ0v) is 6.47. The predicted octanol–water partition coefficient (Wildman–Crippen LogP) is 2.25. The highest BCUT2D eigenvalue weighted by Gasteiger charge is 2.02. The first-order chi connectivity index (χ1) is 5.29. The lowest BCUT2D eigenvalue weighted by molar-refractivity contribution is 1.28. The SMILES string of the molecule is C=Cc1nccc(C#N)c1Cl. The van der Waals surface area contributed by atoms with Crippen LogP contribution in [0.15, 0.2) is 18.8 Å². The van der Waals surface area contributed by atoms with Gasteiger partial charge in [0.1, 0.15) is 6.07 Å². The van der Waals surface area contributed by atoms with E-state index < -0.39 is 0 Å². The standard InChI is InChI=1S/C8H5ClN2/c1-2-7-8(9)6(5-10)3-4-11-7/h2-4H,1H2. The van der Waals surface area contributed by atoms with Crippen LogP contribution in [0, 0.1) is 11.3 Å². The molecule has 11 heavy (non-hydrogen) atoms. The molecule has 1 aromatic rings. The second-order valence-electron chi connectivity index (χ2n) is 1.87. The second kappa shape index (κ2) is 3.18. The molecule has 1 aromatic heterocycles. The van der Waals surface area contributed by atoms with Gasteiger partial charge in [-0.2, -0.15) is 5.26 Å². The smallest absolute Gasteiger partial charge is 0.101 e. The van der Waals surface area contributed by atoms with Gasteiger partial charge in [0, 0.05) is 6.20 Å². The fourth-order valence-corrected chi connectivity index (χ4v) is 0.920. The first kappa shape index (κ1) is 7.77. The minimum absolute atomic E-state index is 0.366. The molecule has 0 aliphatic heterocycles. The molecule has 0 aromatic carbocycles. The van der Waals surface area contributed by atoms with Crippen LogP contribution in [0.3, 0.4) is 0 Å². The van der Waals surface area contributed by atoms with Crippen molar-refractivity contribution < 1.29 is 0 Å². The molecular formula is C8H5ClN2. The highest BCUT2D eigenvalue weighted by Crippen LogP contribution is 2.18. The van der Waals surface area contributed by atoms with Gasteiger partial charge >= 0.3 is 0 Å². The fraction of sp³-hybridized carbons (Fsp3) is 0. The molecule has 0 atom stereocenters. The van der Waals surface area contributed by atoms with Crippen LogP contribution in [0.4, 0.5) is 0 Å². The Balaban J connectivity index is 3.34. The van der Waals surface area contributed by atoms with E-state index >= 15 is 0 Å². The van der Waals surface area contributed by atoms with Gasteiger partial charge in [-0.3, -0.25) is 4.98 Å².